The van der Waals surface area contributed by atoms with E-state index >= 15 is 9.59 Å². The Morgan fingerprint density at radius 2 is 1.73 bits per heavy atom. The van der Waals surface area contributed by atoms with Gasteiger partial charge in [-0.1, -0.05) is 72.4 Å². The van der Waals surface area contributed by atoms with Crippen molar-refractivity contribution in [2.45, 2.75) is 140 Å². The Morgan fingerprint density at radius 3 is 2.49 bits per heavy atom. The highest BCUT2D eigenvalue weighted by Gasteiger charge is 2.70. The molecule has 374 valence electrons. The first-order chi connectivity index (χ1) is 34.0. The minimum Gasteiger partial charge on any atom is -0.427 e. The molecule has 14 rings (SSSR count). The minimum atomic E-state index is -0.943. The molecular formula is C56H70N4O8S2. The summed E-state index contributed by atoms with van der Waals surface area (Å²) in [6.45, 7) is 5.40. The molecule has 1 saturated heterocycles. The molecule has 7 heterocycles. The van der Waals surface area contributed by atoms with Crippen molar-refractivity contribution in [3.05, 3.63) is 92.8 Å². The molecule has 0 aromatic rings. The molecule has 0 radical (unpaired) electrons. The number of carbonyl (C=O) groups is 4. The topological polar surface area (TPSA) is 167 Å². The zero-order chi connectivity index (χ0) is 48.1. The second kappa shape index (κ2) is 18.6. The van der Waals surface area contributed by atoms with Gasteiger partial charge in [-0.3, -0.25) is 14.5 Å². The summed E-state index contributed by atoms with van der Waals surface area (Å²) in [6, 6.07) is 0. The number of aliphatic hydroxyl groups excluding tert-OH is 2. The van der Waals surface area contributed by atoms with Gasteiger partial charge in [0.2, 0.25) is 0 Å². The van der Waals surface area contributed by atoms with E-state index in [0.717, 1.165) is 123 Å². The average molecular weight is 991 g/mol. The lowest BCUT2D eigenvalue weighted by Crippen LogP contribution is -2.55. The molecule has 4 fully saturated rings. The third-order valence-electron chi connectivity index (χ3n) is 19.5. The highest BCUT2D eigenvalue weighted by atomic mass is 33.1. The molecule has 12 nitrogen and oxygen atoms in total. The Morgan fingerprint density at radius 1 is 0.929 bits per heavy atom. The van der Waals surface area contributed by atoms with E-state index in [-0.39, 0.29) is 82.7 Å². The Balaban J connectivity index is 1.06. The van der Waals surface area contributed by atoms with E-state index in [1.165, 1.54) is 35.5 Å². The van der Waals surface area contributed by atoms with E-state index < -0.39 is 17.4 Å². The number of allylic oxidation sites excluding steroid dienone is 6. The van der Waals surface area contributed by atoms with Crippen LogP contribution < -0.4 is 16.0 Å². The molecule has 2 amide bonds. The quantitative estimate of drug-likeness (QED) is 0.0763. The second-order valence-electron chi connectivity index (χ2n) is 22.7. The van der Waals surface area contributed by atoms with Gasteiger partial charge in [-0.2, -0.15) is 0 Å². The lowest BCUT2D eigenvalue weighted by molar-refractivity contribution is -0.138. The van der Waals surface area contributed by atoms with Crippen molar-refractivity contribution in [1.29, 1.82) is 0 Å². The van der Waals surface area contributed by atoms with Crippen LogP contribution in [0, 0.1) is 58.2 Å². The third kappa shape index (κ3) is 7.55. The molecule has 70 heavy (non-hydrogen) atoms. The summed E-state index contributed by atoms with van der Waals surface area (Å²) in [5.41, 5.74) is 5.90. The predicted octanol–water partition coefficient (Wildman–Crippen LogP) is 8.30. The number of ether oxygens (including phenoxy) is 2. The number of nitrogens with one attached hydrogen (secondary N) is 3. The van der Waals surface area contributed by atoms with Gasteiger partial charge in [-0.25, -0.2) is 9.59 Å². The number of hydrogen-bond acceptors (Lipinski definition) is 13. The van der Waals surface area contributed by atoms with Crippen LogP contribution in [-0.2, 0) is 28.7 Å². The maximum atomic E-state index is 15.5. The van der Waals surface area contributed by atoms with Gasteiger partial charge >= 0.3 is 11.9 Å². The van der Waals surface area contributed by atoms with E-state index in [2.05, 4.69) is 47.2 Å². The van der Waals surface area contributed by atoms with Gasteiger partial charge in [0.05, 0.1) is 22.5 Å². The van der Waals surface area contributed by atoms with Crippen LogP contribution in [0.5, 0.6) is 0 Å². The van der Waals surface area contributed by atoms with Crippen molar-refractivity contribution in [3.63, 3.8) is 0 Å². The van der Waals surface area contributed by atoms with Crippen LogP contribution >= 0.6 is 21.6 Å². The fourth-order valence-electron chi connectivity index (χ4n) is 16.3. The summed E-state index contributed by atoms with van der Waals surface area (Å²) in [5.74, 6) is 1.42. The van der Waals surface area contributed by atoms with E-state index in [1.807, 2.05) is 6.92 Å². The number of fused-ring (bicyclic) bond motifs is 6. The molecule has 0 aromatic heterocycles. The van der Waals surface area contributed by atoms with Gasteiger partial charge in [0.15, 0.2) is 0 Å². The van der Waals surface area contributed by atoms with Gasteiger partial charge < -0.3 is 35.6 Å². The second-order valence-corrected chi connectivity index (χ2v) is 25.3. The van der Waals surface area contributed by atoms with Crippen molar-refractivity contribution in [2.24, 2.45) is 58.2 Å². The smallest absolute Gasteiger partial charge is 0.340 e. The number of amides is 2. The SMILES string of the molecule is CCC1(C2=C3OC(=O)C4=C3[C@@H](CC2)C[C@H]2[C@@H]3CC[C@@]5(C6=C3[C@H](CN3C(=O)C=CC3=O)C3=CCNC7=C3C=C[C@@H](N7)SS[C@H](NC[C@H](C)O)[C@@H](C3CCC(CCCO)CC3)C/C=C\5OC6=O)[C@@H]42)CCCC1. The Bertz CT molecular complexity index is 2490. The summed E-state index contributed by atoms with van der Waals surface area (Å²) >= 11 is 0. The molecule has 10 atom stereocenters. The summed E-state index contributed by atoms with van der Waals surface area (Å²) < 4.78 is 13.5. The Hall–Kier alpha value is -3.82. The van der Waals surface area contributed by atoms with Gasteiger partial charge in [-0.05, 0) is 154 Å². The first-order valence-corrected chi connectivity index (χ1v) is 29.2. The van der Waals surface area contributed by atoms with Crippen LogP contribution in [0.25, 0.3) is 0 Å². The lowest BCUT2D eigenvalue weighted by atomic mass is 9.42. The highest BCUT2D eigenvalue weighted by Crippen LogP contribution is 2.73. The van der Waals surface area contributed by atoms with Crippen molar-refractivity contribution >= 4 is 45.3 Å². The standard InChI is InChI=1S/C56H70N4O8S2/c1-3-55(22-4-5-23-55)40-15-12-33-27-38-36-20-24-56(48(38)47-45(33)50(40)68-53(47)65)41-16-13-34(32-10-8-31(9-11-32)7-6-26-61)52(58-28-30(2)62)70-69-42-17-14-37-35(21-25-57-51(37)59-42)39(46(36)49(56)54(66)67-41)29-60-43(63)18-19-44(60)64/h14,16-19,21,30-34,36,38-39,42,48,52,57-59,61-62H,3-13,15,20,22-29H2,1-2H3/b41-16+/t30-,31?,32?,33-,34+,36-,38-,39+,42-,48+,52-,56-/m0/s1. The number of nitrogens with zero attached hydrogens (tertiary/aromatic N) is 1. The molecule has 14 aliphatic rings. The van der Waals surface area contributed by atoms with Gasteiger partial charge in [-0.15, -0.1) is 0 Å². The Kier molecular flexibility index (Phi) is 12.5. The molecule has 14 heteroatoms. The molecule has 9 bridgehead atoms. The summed E-state index contributed by atoms with van der Waals surface area (Å²) in [6.07, 6.45) is 27.6. The van der Waals surface area contributed by atoms with Crippen molar-refractivity contribution in [3.8, 4) is 0 Å². The third-order valence-corrected chi connectivity index (χ3v) is 22.4. The number of hydrogen-bond donors (Lipinski definition) is 5. The first kappa shape index (κ1) is 47.2. The molecular weight excluding hydrogens is 921 g/mol. The minimum absolute atomic E-state index is 0.0104. The largest absolute Gasteiger partial charge is 0.427 e. The molecule has 1 spiro atoms. The molecule has 0 aromatic carbocycles. The fraction of sp³-hybridized carbons (Fsp3) is 0.643. The number of rotatable bonds is 11. The normalized spacial score (nSPS) is 38.4. The monoisotopic (exact) mass is 990 g/mol. The molecule has 3 saturated carbocycles. The highest BCUT2D eigenvalue weighted by molar-refractivity contribution is 8.77. The summed E-state index contributed by atoms with van der Waals surface area (Å²) in [5, 5.41) is 31.5. The van der Waals surface area contributed by atoms with E-state index in [0.29, 0.717) is 49.1 Å². The lowest BCUT2D eigenvalue weighted by Gasteiger charge is -2.58. The molecule has 7 aliphatic heterocycles. The van der Waals surface area contributed by atoms with Gasteiger partial charge in [0.25, 0.3) is 11.8 Å². The predicted molar refractivity (Wildman–Crippen MR) is 269 cm³/mol. The van der Waals surface area contributed by atoms with Gasteiger partial charge in [0.1, 0.15) is 22.7 Å². The van der Waals surface area contributed by atoms with E-state index in [4.69, 9.17) is 9.47 Å². The van der Waals surface area contributed by atoms with Crippen LogP contribution in [0.1, 0.15) is 123 Å². The van der Waals surface area contributed by atoms with Crippen molar-refractivity contribution < 1.29 is 38.9 Å². The average Bonchev–Trinajstić information content (AvgIpc) is 4.15. The van der Waals surface area contributed by atoms with Crippen molar-refractivity contribution in [1.82, 2.24) is 20.9 Å². The van der Waals surface area contributed by atoms with Crippen LogP contribution in [-0.4, -0.2) is 82.0 Å². The number of dihydropyridines is 2. The number of esters is 2. The number of aliphatic hydroxyl groups is 2. The molecule has 5 N–H and O–H groups in total. The summed E-state index contributed by atoms with van der Waals surface area (Å²) in [4.78, 5) is 59.2. The van der Waals surface area contributed by atoms with Crippen LogP contribution in [0.3, 0.4) is 0 Å². The summed E-state index contributed by atoms with van der Waals surface area (Å²) in [7, 11) is 3.57. The molecule has 0 unspecified atom stereocenters. The number of carbonyl (C=O) groups excluding carboxylic acids is 4. The Labute approximate surface area is 420 Å². The van der Waals surface area contributed by atoms with Gasteiger partial charge in [0, 0.05) is 66.9 Å². The van der Waals surface area contributed by atoms with E-state index in [9.17, 15) is 19.8 Å². The molecule has 7 aliphatic carbocycles. The first-order valence-electron chi connectivity index (χ1n) is 26.9. The number of imide groups is 1. The van der Waals surface area contributed by atoms with Crippen LogP contribution in [0.2, 0.25) is 0 Å². The van der Waals surface area contributed by atoms with Crippen LogP contribution in [0.15, 0.2) is 92.8 Å². The zero-order valence-corrected chi connectivity index (χ0v) is 42.4. The zero-order valence-electron chi connectivity index (χ0n) is 40.8. The van der Waals surface area contributed by atoms with Crippen LogP contribution in [0.4, 0.5) is 0 Å². The fourth-order valence-corrected chi connectivity index (χ4v) is 19.2. The van der Waals surface area contributed by atoms with Crippen molar-refractivity contribution in [2.75, 3.05) is 26.2 Å². The van der Waals surface area contributed by atoms with E-state index in [1.54, 1.807) is 21.6 Å². The maximum absolute atomic E-state index is 15.5. The maximum Gasteiger partial charge on any atom is 0.340 e.